The van der Waals surface area contributed by atoms with Crippen molar-refractivity contribution in [1.82, 2.24) is 10.2 Å². The second kappa shape index (κ2) is 10.5. The number of amides is 2. The van der Waals surface area contributed by atoms with Crippen molar-refractivity contribution >= 4 is 18.0 Å². The Labute approximate surface area is 160 Å². The predicted molar refractivity (Wildman–Crippen MR) is 102 cm³/mol. The number of nitrogens with one attached hydrogen (secondary N) is 1. The zero-order chi connectivity index (χ0) is 20.6. The molecular formula is C20H30N2O5. The van der Waals surface area contributed by atoms with Crippen LogP contribution < -0.4 is 5.32 Å². The molecule has 0 spiro atoms. The van der Waals surface area contributed by atoms with Crippen molar-refractivity contribution in [3.8, 4) is 0 Å². The Morgan fingerprint density at radius 1 is 0.963 bits per heavy atom. The predicted octanol–water partition coefficient (Wildman–Crippen LogP) is 3.20. The summed E-state index contributed by atoms with van der Waals surface area (Å²) in [4.78, 5) is 37.2. The maximum atomic E-state index is 12.8. The maximum absolute atomic E-state index is 12.8. The number of nitrogens with zero attached hydrogens (tertiary/aromatic N) is 1. The summed E-state index contributed by atoms with van der Waals surface area (Å²) in [6.07, 6.45) is -0.629. The summed E-state index contributed by atoms with van der Waals surface area (Å²) >= 11 is 0. The van der Waals surface area contributed by atoms with Crippen LogP contribution in [0.5, 0.6) is 0 Å². The van der Waals surface area contributed by atoms with Crippen LogP contribution in [-0.4, -0.2) is 45.2 Å². The van der Waals surface area contributed by atoms with Crippen LogP contribution in [-0.2, 0) is 16.1 Å². The van der Waals surface area contributed by atoms with E-state index in [-0.39, 0.29) is 24.8 Å². The van der Waals surface area contributed by atoms with Crippen LogP contribution in [0.4, 0.5) is 4.79 Å². The molecule has 0 fully saturated rings. The fourth-order valence-electron chi connectivity index (χ4n) is 2.87. The van der Waals surface area contributed by atoms with E-state index in [0.29, 0.717) is 6.42 Å². The third kappa shape index (κ3) is 7.68. The number of carbonyl (C=O) groups excluding carboxylic acids is 1. The average molecular weight is 378 g/mol. The van der Waals surface area contributed by atoms with Crippen LogP contribution >= 0.6 is 0 Å². The molecule has 2 amide bonds. The number of hydrogen-bond donors (Lipinski definition) is 3. The number of carboxylic acid groups (broad SMARTS) is 2. The molecule has 0 aliphatic carbocycles. The van der Waals surface area contributed by atoms with Crippen LogP contribution in [0.25, 0.3) is 0 Å². The Kier molecular flexibility index (Phi) is 8.78. The third-order valence-electron chi connectivity index (χ3n) is 4.14. The van der Waals surface area contributed by atoms with E-state index >= 15 is 0 Å². The lowest BCUT2D eigenvalue weighted by atomic mass is 9.99. The molecule has 7 nitrogen and oxygen atoms in total. The Morgan fingerprint density at radius 2 is 1.52 bits per heavy atom. The van der Waals surface area contributed by atoms with E-state index in [1.165, 1.54) is 0 Å². The van der Waals surface area contributed by atoms with Crippen LogP contribution in [0.2, 0.25) is 0 Å². The number of aliphatic carboxylic acids is 1. The SMILES string of the molecule is CC(C)C[C@H](NC(=O)[C@H](CC(C)C)N(Cc1ccccc1)C(=O)O)C(=O)O. The number of benzene rings is 1. The number of hydrogen-bond acceptors (Lipinski definition) is 3. The average Bonchev–Trinajstić information content (AvgIpc) is 2.57. The molecule has 0 bridgehead atoms. The molecular weight excluding hydrogens is 348 g/mol. The van der Waals surface area contributed by atoms with Crippen molar-refractivity contribution in [3.05, 3.63) is 35.9 Å². The van der Waals surface area contributed by atoms with Gasteiger partial charge in [0.25, 0.3) is 0 Å². The van der Waals surface area contributed by atoms with Crippen LogP contribution in [0.15, 0.2) is 30.3 Å². The summed E-state index contributed by atoms with van der Waals surface area (Å²) in [5, 5.41) is 21.6. The molecule has 3 N–H and O–H groups in total. The summed E-state index contributed by atoms with van der Waals surface area (Å²) in [5.74, 6) is -1.55. The fourth-order valence-corrected chi connectivity index (χ4v) is 2.87. The lowest BCUT2D eigenvalue weighted by Gasteiger charge is -2.31. The van der Waals surface area contributed by atoms with Gasteiger partial charge in [-0.05, 0) is 30.2 Å². The Balaban J connectivity index is 3.06. The van der Waals surface area contributed by atoms with Gasteiger partial charge >= 0.3 is 12.1 Å². The summed E-state index contributed by atoms with van der Waals surface area (Å²) in [7, 11) is 0. The van der Waals surface area contributed by atoms with Gasteiger partial charge in [0.05, 0.1) is 0 Å². The minimum absolute atomic E-state index is 0.0584. The van der Waals surface area contributed by atoms with Crippen molar-refractivity contribution < 1.29 is 24.6 Å². The van der Waals surface area contributed by atoms with Gasteiger partial charge in [-0.15, -0.1) is 0 Å². The zero-order valence-corrected chi connectivity index (χ0v) is 16.4. The minimum Gasteiger partial charge on any atom is -0.480 e. The van der Waals surface area contributed by atoms with E-state index in [2.05, 4.69) is 5.32 Å². The van der Waals surface area contributed by atoms with Gasteiger partial charge in [-0.1, -0.05) is 58.0 Å². The highest BCUT2D eigenvalue weighted by Gasteiger charge is 2.33. The topological polar surface area (TPSA) is 107 Å². The number of carboxylic acids is 1. The molecule has 27 heavy (non-hydrogen) atoms. The summed E-state index contributed by atoms with van der Waals surface area (Å²) in [5.41, 5.74) is 0.762. The van der Waals surface area contributed by atoms with Crippen molar-refractivity contribution in [2.45, 2.75) is 59.2 Å². The van der Waals surface area contributed by atoms with Gasteiger partial charge in [0.15, 0.2) is 0 Å². The summed E-state index contributed by atoms with van der Waals surface area (Å²) in [6.45, 7) is 7.58. The normalized spacial score (nSPS) is 13.3. The smallest absolute Gasteiger partial charge is 0.408 e. The molecule has 0 aliphatic rings. The van der Waals surface area contributed by atoms with Gasteiger partial charge in [0.2, 0.25) is 5.91 Å². The van der Waals surface area contributed by atoms with Crippen molar-refractivity contribution in [2.24, 2.45) is 11.8 Å². The molecule has 1 aromatic rings. The van der Waals surface area contributed by atoms with Crippen LogP contribution in [0.3, 0.4) is 0 Å². The molecule has 0 radical (unpaired) electrons. The first-order valence-electron chi connectivity index (χ1n) is 9.18. The first-order valence-corrected chi connectivity index (χ1v) is 9.18. The molecule has 1 rings (SSSR count). The monoisotopic (exact) mass is 378 g/mol. The van der Waals surface area contributed by atoms with E-state index in [0.717, 1.165) is 10.5 Å². The number of carbonyl (C=O) groups is 3. The van der Waals surface area contributed by atoms with E-state index in [4.69, 9.17) is 0 Å². The van der Waals surface area contributed by atoms with Crippen molar-refractivity contribution in [2.75, 3.05) is 0 Å². The third-order valence-corrected chi connectivity index (χ3v) is 4.14. The van der Waals surface area contributed by atoms with Gasteiger partial charge in [-0.2, -0.15) is 0 Å². The van der Waals surface area contributed by atoms with E-state index in [1.807, 2.05) is 33.8 Å². The van der Waals surface area contributed by atoms with Gasteiger partial charge < -0.3 is 15.5 Å². The Morgan fingerprint density at radius 3 is 1.96 bits per heavy atom. The van der Waals surface area contributed by atoms with E-state index in [9.17, 15) is 24.6 Å². The molecule has 0 aromatic heterocycles. The standard InChI is InChI=1S/C20H30N2O5/c1-13(2)10-16(19(24)25)21-18(23)17(11-14(3)4)22(20(26)27)12-15-8-6-5-7-9-15/h5-9,13-14,16-17H,10-12H2,1-4H3,(H,21,23)(H,24,25)(H,26,27)/t16-,17-/m0/s1. The van der Waals surface area contributed by atoms with Gasteiger partial charge in [0.1, 0.15) is 12.1 Å². The highest BCUT2D eigenvalue weighted by molar-refractivity contribution is 5.89. The molecule has 0 saturated heterocycles. The lowest BCUT2D eigenvalue weighted by Crippen LogP contribution is -2.53. The van der Waals surface area contributed by atoms with Crippen molar-refractivity contribution in [3.63, 3.8) is 0 Å². The summed E-state index contributed by atoms with van der Waals surface area (Å²) in [6, 6.07) is 7.01. The first-order chi connectivity index (χ1) is 12.6. The quantitative estimate of drug-likeness (QED) is 0.580. The van der Waals surface area contributed by atoms with Gasteiger partial charge in [-0.25, -0.2) is 9.59 Å². The molecule has 0 saturated carbocycles. The zero-order valence-electron chi connectivity index (χ0n) is 16.4. The summed E-state index contributed by atoms with van der Waals surface area (Å²) < 4.78 is 0. The lowest BCUT2D eigenvalue weighted by molar-refractivity contribution is -0.143. The highest BCUT2D eigenvalue weighted by atomic mass is 16.4. The number of rotatable bonds is 10. The maximum Gasteiger partial charge on any atom is 0.408 e. The van der Waals surface area contributed by atoms with E-state index < -0.39 is 30.1 Å². The minimum atomic E-state index is -1.21. The van der Waals surface area contributed by atoms with Crippen molar-refractivity contribution in [1.29, 1.82) is 0 Å². The highest BCUT2D eigenvalue weighted by Crippen LogP contribution is 2.17. The largest absolute Gasteiger partial charge is 0.480 e. The molecule has 2 atom stereocenters. The molecule has 1 aromatic carbocycles. The second-order valence-corrected chi connectivity index (χ2v) is 7.57. The van der Waals surface area contributed by atoms with Crippen LogP contribution in [0.1, 0.15) is 46.1 Å². The van der Waals surface area contributed by atoms with Crippen LogP contribution in [0, 0.1) is 11.8 Å². The molecule has 0 aliphatic heterocycles. The first kappa shape index (κ1) is 22.5. The van der Waals surface area contributed by atoms with Gasteiger partial charge in [0, 0.05) is 6.54 Å². The van der Waals surface area contributed by atoms with E-state index in [1.54, 1.807) is 24.3 Å². The van der Waals surface area contributed by atoms with Gasteiger partial charge in [-0.3, -0.25) is 9.69 Å². The molecule has 0 heterocycles. The molecule has 150 valence electrons. The Bertz CT molecular complexity index is 631. The second-order valence-electron chi connectivity index (χ2n) is 7.57. The fraction of sp³-hybridized carbons (Fsp3) is 0.550. The molecule has 0 unspecified atom stereocenters. The Hall–Kier alpha value is -2.57. The molecule has 7 heteroatoms.